The molecule has 0 aromatic rings. The van der Waals surface area contributed by atoms with Crippen LogP contribution in [0.3, 0.4) is 0 Å². The lowest BCUT2D eigenvalue weighted by atomic mass is 9.74. The van der Waals surface area contributed by atoms with Gasteiger partial charge < -0.3 is 0 Å². The van der Waals surface area contributed by atoms with Crippen LogP contribution in [0.1, 0.15) is 40.0 Å². The summed E-state index contributed by atoms with van der Waals surface area (Å²) < 4.78 is 0.0805. The molecule has 78 valence electrons. The van der Waals surface area contributed by atoms with E-state index in [1.807, 2.05) is 0 Å². The average Bonchev–Trinajstić information content (AvgIpc) is 2.01. The van der Waals surface area contributed by atoms with Gasteiger partial charge in [-0.25, -0.2) is 0 Å². The summed E-state index contributed by atoms with van der Waals surface area (Å²) in [5, 5.41) is 0. The fourth-order valence-corrected chi connectivity index (χ4v) is 2.72. The first-order chi connectivity index (χ1) is 5.95. The average molecular weight is 202 g/mol. The molecule has 0 saturated heterocycles. The van der Waals surface area contributed by atoms with E-state index in [-0.39, 0.29) is 4.75 Å². The Morgan fingerprint density at radius 3 is 2.46 bits per heavy atom. The van der Waals surface area contributed by atoms with Crippen LogP contribution in [0, 0.1) is 11.8 Å². The summed E-state index contributed by atoms with van der Waals surface area (Å²) in [4.78, 5) is 0. The standard InChI is InChI=1S/C10H22N2S/c1-7-4-5-8(10(2,3)13)9(6-7)12-11/h7-9,12-13H,4-6,11H2,1-3H3/t7-,8+,9-/m1/s1. The minimum atomic E-state index is 0.0805. The summed E-state index contributed by atoms with van der Waals surface area (Å²) in [6, 6.07) is 0.441. The smallest absolute Gasteiger partial charge is 0.0254 e. The second kappa shape index (κ2) is 4.20. The molecule has 0 unspecified atom stereocenters. The Bertz CT molecular complexity index is 165. The van der Waals surface area contributed by atoms with Gasteiger partial charge >= 0.3 is 0 Å². The number of rotatable bonds is 2. The van der Waals surface area contributed by atoms with Crippen LogP contribution >= 0.6 is 12.6 Å². The summed E-state index contributed by atoms with van der Waals surface area (Å²) in [5.74, 6) is 6.96. The Kier molecular flexibility index (Phi) is 3.66. The van der Waals surface area contributed by atoms with Crippen LogP contribution in [-0.4, -0.2) is 10.8 Å². The van der Waals surface area contributed by atoms with Crippen molar-refractivity contribution in [3.05, 3.63) is 0 Å². The van der Waals surface area contributed by atoms with Gasteiger partial charge in [0, 0.05) is 10.8 Å². The lowest BCUT2D eigenvalue weighted by molar-refractivity contribution is 0.187. The van der Waals surface area contributed by atoms with Gasteiger partial charge in [0.2, 0.25) is 0 Å². The molecule has 1 rings (SSSR count). The summed E-state index contributed by atoms with van der Waals surface area (Å²) in [6.45, 7) is 6.66. The molecule has 1 aliphatic rings. The van der Waals surface area contributed by atoms with Crippen molar-refractivity contribution in [2.24, 2.45) is 17.7 Å². The van der Waals surface area contributed by atoms with E-state index in [4.69, 9.17) is 5.84 Å². The van der Waals surface area contributed by atoms with Gasteiger partial charge in [0.1, 0.15) is 0 Å². The minimum Gasteiger partial charge on any atom is -0.271 e. The van der Waals surface area contributed by atoms with Crippen LogP contribution < -0.4 is 11.3 Å². The molecule has 0 heterocycles. The summed E-state index contributed by atoms with van der Waals surface area (Å²) in [6.07, 6.45) is 3.74. The van der Waals surface area contributed by atoms with Crippen molar-refractivity contribution in [3.63, 3.8) is 0 Å². The Balaban J connectivity index is 2.63. The zero-order chi connectivity index (χ0) is 10.1. The van der Waals surface area contributed by atoms with E-state index in [0.29, 0.717) is 12.0 Å². The largest absolute Gasteiger partial charge is 0.271 e. The predicted molar refractivity (Wildman–Crippen MR) is 60.7 cm³/mol. The number of nitrogens with one attached hydrogen (secondary N) is 1. The maximum absolute atomic E-state index is 5.57. The first-order valence-electron chi connectivity index (χ1n) is 5.13. The SMILES string of the molecule is C[C@@H]1CC[C@H](C(C)(C)S)[C@H](NN)C1. The van der Waals surface area contributed by atoms with Crippen LogP contribution in [0.15, 0.2) is 0 Å². The Hall–Kier alpha value is 0.270. The van der Waals surface area contributed by atoms with Gasteiger partial charge in [-0.15, -0.1) is 0 Å². The van der Waals surface area contributed by atoms with Crippen LogP contribution in [0.25, 0.3) is 0 Å². The maximum Gasteiger partial charge on any atom is 0.0254 e. The molecule has 0 aromatic heterocycles. The zero-order valence-corrected chi connectivity index (χ0v) is 9.77. The molecule has 0 aliphatic heterocycles. The van der Waals surface area contributed by atoms with E-state index < -0.39 is 0 Å². The highest BCUT2D eigenvalue weighted by molar-refractivity contribution is 7.81. The molecule has 0 spiro atoms. The highest BCUT2D eigenvalue weighted by atomic mass is 32.1. The van der Waals surface area contributed by atoms with E-state index in [0.717, 1.165) is 5.92 Å². The van der Waals surface area contributed by atoms with Crippen molar-refractivity contribution in [1.82, 2.24) is 5.43 Å². The molecule has 2 nitrogen and oxygen atoms in total. The normalized spacial score (nSPS) is 36.2. The van der Waals surface area contributed by atoms with E-state index in [1.165, 1.54) is 19.3 Å². The highest BCUT2D eigenvalue weighted by Crippen LogP contribution is 2.38. The Morgan fingerprint density at radius 1 is 1.38 bits per heavy atom. The maximum atomic E-state index is 5.57. The summed E-state index contributed by atoms with van der Waals surface area (Å²) in [5.41, 5.74) is 2.94. The van der Waals surface area contributed by atoms with Crippen molar-refractivity contribution < 1.29 is 0 Å². The number of thiol groups is 1. The molecule has 13 heavy (non-hydrogen) atoms. The van der Waals surface area contributed by atoms with Crippen molar-refractivity contribution in [3.8, 4) is 0 Å². The molecule has 0 aromatic carbocycles. The van der Waals surface area contributed by atoms with Gasteiger partial charge in [0.05, 0.1) is 0 Å². The van der Waals surface area contributed by atoms with Gasteiger partial charge in [-0.2, -0.15) is 12.6 Å². The molecule has 0 radical (unpaired) electrons. The third kappa shape index (κ3) is 2.86. The number of nitrogens with two attached hydrogens (primary N) is 1. The van der Waals surface area contributed by atoms with Crippen molar-refractivity contribution >= 4 is 12.6 Å². The van der Waals surface area contributed by atoms with Gasteiger partial charge in [-0.1, -0.05) is 27.2 Å². The fourth-order valence-electron chi connectivity index (χ4n) is 2.41. The van der Waals surface area contributed by atoms with Gasteiger partial charge in [-0.05, 0) is 24.7 Å². The van der Waals surface area contributed by atoms with Crippen LogP contribution in [-0.2, 0) is 0 Å². The van der Waals surface area contributed by atoms with E-state index in [1.54, 1.807) is 0 Å². The summed E-state index contributed by atoms with van der Waals surface area (Å²) in [7, 11) is 0. The Labute approximate surface area is 87.0 Å². The van der Waals surface area contributed by atoms with E-state index in [9.17, 15) is 0 Å². The monoisotopic (exact) mass is 202 g/mol. The molecule has 1 aliphatic carbocycles. The molecule has 0 bridgehead atoms. The molecule has 3 N–H and O–H groups in total. The molecule has 3 atom stereocenters. The van der Waals surface area contributed by atoms with Crippen LogP contribution in [0.2, 0.25) is 0 Å². The number of hydrogen-bond donors (Lipinski definition) is 3. The topological polar surface area (TPSA) is 38.0 Å². The Morgan fingerprint density at radius 2 is 2.00 bits per heavy atom. The lowest BCUT2D eigenvalue weighted by Gasteiger charge is -2.41. The second-order valence-corrected chi connectivity index (χ2v) is 6.10. The van der Waals surface area contributed by atoms with E-state index >= 15 is 0 Å². The molecule has 3 heteroatoms. The van der Waals surface area contributed by atoms with Crippen LogP contribution in [0.4, 0.5) is 0 Å². The predicted octanol–water partition coefficient (Wildman–Crippen LogP) is 1.96. The second-order valence-electron chi connectivity index (χ2n) is 4.95. The van der Waals surface area contributed by atoms with Crippen molar-refractivity contribution in [2.75, 3.05) is 0 Å². The molecular weight excluding hydrogens is 180 g/mol. The van der Waals surface area contributed by atoms with Crippen molar-refractivity contribution in [1.29, 1.82) is 0 Å². The van der Waals surface area contributed by atoms with Gasteiger partial charge in [0.25, 0.3) is 0 Å². The minimum absolute atomic E-state index is 0.0805. The van der Waals surface area contributed by atoms with Gasteiger partial charge in [-0.3, -0.25) is 11.3 Å². The van der Waals surface area contributed by atoms with Crippen LogP contribution in [0.5, 0.6) is 0 Å². The number of hydrazine groups is 1. The molecular formula is C10H22N2S. The first kappa shape index (κ1) is 11.3. The molecule has 0 amide bonds. The third-order valence-electron chi connectivity index (χ3n) is 3.23. The van der Waals surface area contributed by atoms with Crippen molar-refractivity contribution in [2.45, 2.75) is 50.8 Å². The quantitative estimate of drug-likeness (QED) is 0.364. The fraction of sp³-hybridized carbons (Fsp3) is 1.00. The number of hydrogen-bond acceptors (Lipinski definition) is 3. The highest BCUT2D eigenvalue weighted by Gasteiger charge is 2.36. The molecule has 1 fully saturated rings. The third-order valence-corrected chi connectivity index (χ3v) is 3.57. The van der Waals surface area contributed by atoms with Gasteiger partial charge in [0.15, 0.2) is 0 Å². The zero-order valence-electron chi connectivity index (χ0n) is 8.88. The summed E-state index contributed by atoms with van der Waals surface area (Å²) >= 11 is 4.64. The molecule has 1 saturated carbocycles. The van der Waals surface area contributed by atoms with E-state index in [2.05, 4.69) is 38.8 Å². The first-order valence-corrected chi connectivity index (χ1v) is 5.58. The lowest BCUT2D eigenvalue weighted by Crippen LogP contribution is -2.50.